The van der Waals surface area contributed by atoms with E-state index in [0.29, 0.717) is 24.3 Å². The molecule has 2 fully saturated rings. The molecule has 1 aromatic carbocycles. The van der Waals surface area contributed by atoms with Gasteiger partial charge in [-0.05, 0) is 69.4 Å². The van der Waals surface area contributed by atoms with Crippen LogP contribution in [0.15, 0.2) is 36.4 Å². The van der Waals surface area contributed by atoms with Crippen molar-refractivity contribution in [3.05, 3.63) is 47.5 Å². The first-order valence-corrected chi connectivity index (χ1v) is 12.0. The average molecular weight is 488 g/mol. The van der Waals surface area contributed by atoms with Crippen molar-refractivity contribution < 1.29 is 38.1 Å². The largest absolute Gasteiger partial charge is 0.459 e. The molecule has 2 aliphatic rings. The van der Waals surface area contributed by atoms with Crippen molar-refractivity contribution in [2.24, 2.45) is 17.8 Å². The first-order valence-electron chi connectivity index (χ1n) is 12.0. The van der Waals surface area contributed by atoms with E-state index in [-0.39, 0.29) is 36.5 Å². The lowest BCUT2D eigenvalue weighted by Crippen LogP contribution is -2.34. The van der Waals surface area contributed by atoms with Crippen LogP contribution in [0.5, 0.6) is 0 Å². The van der Waals surface area contributed by atoms with Gasteiger partial charge in [0.15, 0.2) is 0 Å². The molecule has 1 amide bonds. The lowest BCUT2D eigenvalue weighted by molar-refractivity contribution is -0.140. The first-order chi connectivity index (χ1) is 16.8. The molecule has 1 N–H and O–H groups in total. The SMILES string of the molecule is C=C(C)C(=O)OCCOC(=O)c1ccccc1C(=O)OCC(C)OC(=O)NCC1C2CCC1CC2. The number of benzene rings is 1. The number of amides is 1. The van der Waals surface area contributed by atoms with Gasteiger partial charge in [0.05, 0.1) is 11.1 Å². The number of fused-ring (bicyclic) bond motifs is 2. The quantitative estimate of drug-likeness (QED) is 0.217. The molecule has 9 nitrogen and oxygen atoms in total. The minimum absolute atomic E-state index is 0.0150. The van der Waals surface area contributed by atoms with Crippen molar-refractivity contribution in [3.8, 4) is 0 Å². The second-order valence-corrected chi connectivity index (χ2v) is 9.13. The second-order valence-electron chi connectivity index (χ2n) is 9.13. The maximum Gasteiger partial charge on any atom is 0.407 e. The van der Waals surface area contributed by atoms with E-state index in [4.69, 9.17) is 18.9 Å². The molecule has 0 heterocycles. The van der Waals surface area contributed by atoms with Crippen molar-refractivity contribution in [2.45, 2.75) is 45.6 Å². The highest BCUT2D eigenvalue weighted by Crippen LogP contribution is 2.48. The minimum atomic E-state index is -0.756. The van der Waals surface area contributed by atoms with Crippen LogP contribution in [0.4, 0.5) is 4.79 Å². The predicted octanol–water partition coefficient (Wildman–Crippen LogP) is 3.67. The van der Waals surface area contributed by atoms with Gasteiger partial charge in [-0.2, -0.15) is 0 Å². The van der Waals surface area contributed by atoms with Gasteiger partial charge in [0.25, 0.3) is 0 Å². The van der Waals surface area contributed by atoms with Crippen molar-refractivity contribution in [2.75, 3.05) is 26.4 Å². The van der Waals surface area contributed by atoms with Crippen LogP contribution in [0.1, 0.15) is 60.2 Å². The Hall–Kier alpha value is -3.36. The zero-order valence-corrected chi connectivity index (χ0v) is 20.2. The zero-order chi connectivity index (χ0) is 25.4. The highest BCUT2D eigenvalue weighted by atomic mass is 16.6. The van der Waals surface area contributed by atoms with Crippen molar-refractivity contribution in [3.63, 3.8) is 0 Å². The number of hydrogen-bond acceptors (Lipinski definition) is 8. The van der Waals surface area contributed by atoms with E-state index < -0.39 is 30.1 Å². The van der Waals surface area contributed by atoms with Gasteiger partial charge in [-0.15, -0.1) is 0 Å². The fourth-order valence-electron chi connectivity index (χ4n) is 4.76. The maximum atomic E-state index is 12.6. The standard InChI is InChI=1S/C26H33NO8/c1-16(2)23(28)32-12-13-33-24(29)20-6-4-5-7-21(20)25(30)34-15-17(3)35-26(31)27-14-22-18-8-9-19(22)11-10-18/h4-7,17-19,22H,1,8-15H2,2-3H3,(H,27,31). The van der Waals surface area contributed by atoms with Gasteiger partial charge in [0.2, 0.25) is 0 Å². The highest BCUT2D eigenvalue weighted by molar-refractivity contribution is 6.03. The predicted molar refractivity (Wildman–Crippen MR) is 126 cm³/mol. The number of carbonyl (C=O) groups excluding carboxylic acids is 4. The van der Waals surface area contributed by atoms with Crippen molar-refractivity contribution >= 4 is 24.0 Å². The van der Waals surface area contributed by atoms with Crippen LogP contribution in [0.25, 0.3) is 0 Å². The molecule has 0 radical (unpaired) electrons. The van der Waals surface area contributed by atoms with Gasteiger partial charge < -0.3 is 24.3 Å². The van der Waals surface area contributed by atoms with Gasteiger partial charge in [-0.25, -0.2) is 19.2 Å². The van der Waals surface area contributed by atoms with Gasteiger partial charge >= 0.3 is 24.0 Å². The smallest absolute Gasteiger partial charge is 0.407 e. The monoisotopic (exact) mass is 487 g/mol. The third kappa shape index (κ3) is 7.31. The summed E-state index contributed by atoms with van der Waals surface area (Å²) in [5, 5.41) is 2.84. The van der Waals surface area contributed by atoms with E-state index in [1.807, 2.05) is 0 Å². The van der Waals surface area contributed by atoms with E-state index in [1.165, 1.54) is 44.7 Å². The van der Waals surface area contributed by atoms with E-state index in [0.717, 1.165) is 0 Å². The van der Waals surface area contributed by atoms with Crippen molar-refractivity contribution in [1.82, 2.24) is 5.32 Å². The van der Waals surface area contributed by atoms with Gasteiger partial charge in [-0.3, -0.25) is 0 Å². The summed E-state index contributed by atoms with van der Waals surface area (Å²) in [6.07, 6.45) is 3.79. The summed E-state index contributed by atoms with van der Waals surface area (Å²) in [5.74, 6) is -0.141. The summed E-state index contributed by atoms with van der Waals surface area (Å²) >= 11 is 0. The Morgan fingerprint density at radius 1 is 0.943 bits per heavy atom. The second kappa shape index (κ2) is 12.4. The number of alkyl carbamates (subject to hydrolysis) is 1. The fourth-order valence-corrected chi connectivity index (χ4v) is 4.76. The van der Waals surface area contributed by atoms with Crippen LogP contribution in [0.3, 0.4) is 0 Å². The zero-order valence-electron chi connectivity index (χ0n) is 20.2. The average Bonchev–Trinajstić information content (AvgIpc) is 3.42. The molecule has 0 aromatic heterocycles. The number of ether oxygens (including phenoxy) is 4. The Labute approximate surface area is 205 Å². The molecule has 2 saturated carbocycles. The van der Waals surface area contributed by atoms with Crippen LogP contribution in [-0.4, -0.2) is 56.5 Å². The molecule has 1 aromatic rings. The fraction of sp³-hybridized carbons (Fsp3) is 0.538. The lowest BCUT2D eigenvalue weighted by atomic mass is 9.98. The minimum Gasteiger partial charge on any atom is -0.459 e. The Morgan fingerprint density at radius 3 is 2.06 bits per heavy atom. The van der Waals surface area contributed by atoms with Crippen molar-refractivity contribution in [1.29, 1.82) is 0 Å². The molecular weight excluding hydrogens is 454 g/mol. The third-order valence-corrected chi connectivity index (χ3v) is 6.53. The van der Waals surface area contributed by atoms with Crippen LogP contribution >= 0.6 is 0 Å². The van der Waals surface area contributed by atoms with E-state index in [2.05, 4.69) is 11.9 Å². The Balaban J connectivity index is 1.41. The lowest BCUT2D eigenvalue weighted by Gasteiger charge is -2.18. The number of nitrogens with one attached hydrogen (secondary N) is 1. The molecule has 0 saturated heterocycles. The van der Waals surface area contributed by atoms with Crippen LogP contribution in [-0.2, 0) is 23.7 Å². The number of carbonyl (C=O) groups is 4. The molecule has 1 unspecified atom stereocenters. The van der Waals surface area contributed by atoms with E-state index in [9.17, 15) is 19.2 Å². The molecule has 2 bridgehead atoms. The van der Waals surface area contributed by atoms with Crippen LogP contribution in [0, 0.1) is 17.8 Å². The molecular formula is C26H33NO8. The summed E-state index contributed by atoms with van der Waals surface area (Å²) in [7, 11) is 0. The number of hydrogen-bond donors (Lipinski definition) is 1. The summed E-state index contributed by atoms with van der Waals surface area (Å²) in [5.41, 5.74) is 0.270. The third-order valence-electron chi connectivity index (χ3n) is 6.53. The first kappa shape index (κ1) is 26.2. The molecule has 0 spiro atoms. The van der Waals surface area contributed by atoms with Gasteiger partial charge in [0.1, 0.15) is 25.9 Å². The van der Waals surface area contributed by atoms with E-state index >= 15 is 0 Å². The van der Waals surface area contributed by atoms with Gasteiger partial charge in [0, 0.05) is 12.1 Å². The van der Waals surface area contributed by atoms with Crippen LogP contribution in [0.2, 0.25) is 0 Å². The Kier molecular flexibility index (Phi) is 9.28. The molecule has 190 valence electrons. The Morgan fingerprint density at radius 2 is 1.49 bits per heavy atom. The molecule has 3 rings (SSSR count). The number of rotatable bonds is 11. The summed E-state index contributed by atoms with van der Waals surface area (Å²) in [6.45, 7) is 6.73. The highest BCUT2D eigenvalue weighted by Gasteiger charge is 2.41. The molecule has 9 heteroatoms. The molecule has 0 aliphatic heterocycles. The topological polar surface area (TPSA) is 117 Å². The summed E-state index contributed by atoms with van der Waals surface area (Å²) in [6, 6.07) is 6.04. The number of esters is 3. The Bertz CT molecular complexity index is 938. The normalized spacial score (nSPS) is 21.0. The molecule has 35 heavy (non-hydrogen) atoms. The van der Waals surface area contributed by atoms with Crippen LogP contribution < -0.4 is 5.32 Å². The maximum absolute atomic E-state index is 12.6. The summed E-state index contributed by atoms with van der Waals surface area (Å²) in [4.78, 5) is 48.5. The van der Waals surface area contributed by atoms with E-state index in [1.54, 1.807) is 19.1 Å². The molecule has 2 aliphatic carbocycles. The summed E-state index contributed by atoms with van der Waals surface area (Å²) < 4.78 is 20.5. The van der Waals surface area contributed by atoms with Gasteiger partial charge in [-0.1, -0.05) is 18.7 Å². The molecule has 1 atom stereocenters.